The molecular weight excluding hydrogens is 334 g/mol. The molecule has 1 amide bonds. The molecule has 1 aliphatic rings. The first-order chi connectivity index (χ1) is 11.6. The number of amides is 1. The molecule has 1 aromatic rings. The van der Waals surface area contributed by atoms with E-state index in [0.29, 0.717) is 13.1 Å². The quantitative estimate of drug-likeness (QED) is 0.635. The van der Waals surface area contributed by atoms with Gasteiger partial charge < -0.3 is 14.3 Å². The third-order valence-corrected chi connectivity index (χ3v) is 10.1. The van der Waals surface area contributed by atoms with E-state index >= 15 is 0 Å². The molecule has 2 rings (SSSR count). The number of carbonyl (C=O) groups excluding carboxylic acids is 1. The molecule has 2 atom stereocenters. The van der Waals surface area contributed by atoms with Crippen molar-refractivity contribution in [1.29, 1.82) is 0 Å². The maximum Gasteiger partial charge on any atom is 0.518 e. The molecule has 1 saturated heterocycles. The van der Waals surface area contributed by atoms with E-state index in [1.54, 1.807) is 0 Å². The van der Waals surface area contributed by atoms with Gasteiger partial charge in [0.15, 0.2) is 15.0 Å². The van der Waals surface area contributed by atoms with Gasteiger partial charge in [-0.25, -0.2) is 0 Å². The number of rotatable bonds is 5. The Kier molecular flexibility index (Phi) is 6.09. The van der Waals surface area contributed by atoms with Crippen molar-refractivity contribution in [3.05, 3.63) is 35.9 Å². The van der Waals surface area contributed by atoms with Crippen molar-refractivity contribution in [1.82, 2.24) is 0 Å². The lowest BCUT2D eigenvalue weighted by atomic mass is 10.2. The minimum absolute atomic E-state index is 0.00248. The van der Waals surface area contributed by atoms with E-state index in [1.807, 2.05) is 30.3 Å². The number of hydrogen-bond acceptors (Lipinski definition) is 4. The fraction of sp³-hybridized carbons (Fsp3) is 0.632. The first-order valence-electron chi connectivity index (χ1n) is 8.96. The van der Waals surface area contributed by atoms with Gasteiger partial charge >= 0.3 is 6.09 Å². The number of aliphatic hydroxyl groups is 1. The van der Waals surface area contributed by atoms with Crippen molar-refractivity contribution in [3.63, 3.8) is 0 Å². The largest absolute Gasteiger partial charge is 0.518 e. The Hall–Kier alpha value is -1.21. The van der Waals surface area contributed by atoms with Gasteiger partial charge in [0, 0.05) is 6.42 Å². The number of ether oxygens (including phenoxy) is 1. The Labute approximate surface area is 152 Å². The monoisotopic (exact) mass is 366 g/mol. The fourth-order valence-electron chi connectivity index (χ4n) is 2.86. The van der Waals surface area contributed by atoms with Crippen LogP contribution < -0.4 is 0 Å². The second kappa shape index (κ2) is 7.58. The lowest BCUT2D eigenvalue weighted by molar-refractivity contribution is -0.866. The Morgan fingerprint density at radius 3 is 2.48 bits per heavy atom. The number of hydrogen-bond donors (Lipinski definition) is 1. The molecule has 0 aromatic heterocycles. The zero-order chi connectivity index (χ0) is 18.7. The highest BCUT2D eigenvalue weighted by molar-refractivity contribution is 6.74. The van der Waals surface area contributed by atoms with Crippen LogP contribution in [0.1, 0.15) is 32.8 Å². The lowest BCUT2D eigenvalue weighted by Gasteiger charge is -2.38. The number of likely N-dealkylation sites (tertiary alicyclic amines) is 1. The average Bonchev–Trinajstić information content (AvgIpc) is 2.96. The Morgan fingerprint density at radius 2 is 1.92 bits per heavy atom. The molecule has 0 radical (unpaired) electrons. The van der Waals surface area contributed by atoms with Gasteiger partial charge in [-0.05, 0) is 23.7 Å². The third-order valence-electron chi connectivity index (χ3n) is 5.56. The normalized spacial score (nSPS) is 24.3. The molecule has 6 heteroatoms. The van der Waals surface area contributed by atoms with Crippen molar-refractivity contribution in [3.8, 4) is 0 Å². The number of benzene rings is 1. The summed E-state index contributed by atoms with van der Waals surface area (Å²) in [7, 11) is -1.89. The van der Waals surface area contributed by atoms with Gasteiger partial charge in [0.1, 0.15) is 19.3 Å². The van der Waals surface area contributed by atoms with Crippen molar-refractivity contribution in [2.75, 3.05) is 19.8 Å². The van der Waals surface area contributed by atoms with Crippen LogP contribution in [0.4, 0.5) is 4.79 Å². The molecule has 25 heavy (non-hydrogen) atoms. The number of quaternary nitrogens is 1. The summed E-state index contributed by atoms with van der Waals surface area (Å²) in [6, 6.07) is 9.60. The summed E-state index contributed by atoms with van der Waals surface area (Å²) in [6.45, 7) is 12.1. The molecular formula is C19H32NO4Si+. The summed E-state index contributed by atoms with van der Waals surface area (Å²) in [5.74, 6) is 0. The van der Waals surface area contributed by atoms with E-state index in [9.17, 15) is 9.90 Å². The standard InChI is InChI=1S/C19H32NO4Si/c1-19(2,3)25(4,5)24-17-11-12-20(13-17,15-21)18(22)23-14-16-9-7-6-8-10-16/h6-10,17,21H,11-15H2,1-5H3/q+1/t17-,20+/m0/s1. The predicted octanol–water partition coefficient (Wildman–Crippen LogP) is 3.88. The van der Waals surface area contributed by atoms with Crippen LogP contribution in [0, 0.1) is 0 Å². The van der Waals surface area contributed by atoms with Gasteiger partial charge in [0.25, 0.3) is 0 Å². The first kappa shape index (κ1) is 20.1. The van der Waals surface area contributed by atoms with Gasteiger partial charge in [-0.3, -0.25) is 0 Å². The summed E-state index contributed by atoms with van der Waals surface area (Å²) in [5.41, 5.74) is 0.945. The predicted molar refractivity (Wildman–Crippen MR) is 100 cm³/mol. The zero-order valence-corrected chi connectivity index (χ0v) is 17.1. The van der Waals surface area contributed by atoms with Gasteiger partial charge in [0.05, 0.1) is 6.54 Å². The van der Waals surface area contributed by atoms with Crippen LogP contribution in [0.25, 0.3) is 0 Å². The molecule has 0 saturated carbocycles. The second-order valence-corrected chi connectivity index (χ2v) is 13.3. The van der Waals surface area contributed by atoms with E-state index in [2.05, 4.69) is 33.9 Å². The van der Waals surface area contributed by atoms with Crippen molar-refractivity contribution in [2.45, 2.75) is 58.0 Å². The number of carbonyl (C=O) groups is 1. The SMILES string of the molecule is CC(C)(C)[Si](C)(C)O[C@H]1CC[N@@+](CO)(C(=O)OCc2ccccc2)C1. The maximum absolute atomic E-state index is 12.6. The third kappa shape index (κ3) is 4.70. The van der Waals surface area contributed by atoms with Crippen LogP contribution in [0.5, 0.6) is 0 Å². The molecule has 1 fully saturated rings. The first-order valence-corrected chi connectivity index (χ1v) is 11.9. The summed E-state index contributed by atoms with van der Waals surface area (Å²) in [4.78, 5) is 12.6. The molecule has 1 aliphatic heterocycles. The van der Waals surface area contributed by atoms with Gasteiger partial charge in [-0.2, -0.15) is 9.28 Å². The van der Waals surface area contributed by atoms with Gasteiger partial charge in [0.2, 0.25) is 0 Å². The summed E-state index contributed by atoms with van der Waals surface area (Å²) < 4.78 is 11.9. The van der Waals surface area contributed by atoms with E-state index in [0.717, 1.165) is 12.0 Å². The Balaban J connectivity index is 1.98. The van der Waals surface area contributed by atoms with Crippen LogP contribution >= 0.6 is 0 Å². The molecule has 140 valence electrons. The topological polar surface area (TPSA) is 55.8 Å². The van der Waals surface area contributed by atoms with Crippen LogP contribution in [0.3, 0.4) is 0 Å². The highest BCUT2D eigenvalue weighted by Crippen LogP contribution is 2.39. The maximum atomic E-state index is 12.6. The summed E-state index contributed by atoms with van der Waals surface area (Å²) in [6.07, 6.45) is 0.401. The molecule has 0 spiro atoms. The average molecular weight is 367 g/mol. The summed E-state index contributed by atoms with van der Waals surface area (Å²) in [5, 5.41) is 10.0. The highest BCUT2D eigenvalue weighted by Gasteiger charge is 2.49. The minimum Gasteiger partial charge on any atom is -0.415 e. The smallest absolute Gasteiger partial charge is 0.415 e. The van der Waals surface area contributed by atoms with E-state index in [4.69, 9.17) is 9.16 Å². The molecule has 1 aromatic carbocycles. The van der Waals surface area contributed by atoms with Crippen molar-refractivity contribution < 1.29 is 23.5 Å². The van der Waals surface area contributed by atoms with Crippen LogP contribution in [0.15, 0.2) is 30.3 Å². The Bertz CT molecular complexity index is 585. The fourth-order valence-corrected chi connectivity index (χ4v) is 4.24. The van der Waals surface area contributed by atoms with E-state index in [-0.39, 0.29) is 35.1 Å². The second-order valence-electron chi connectivity index (χ2n) is 8.52. The van der Waals surface area contributed by atoms with E-state index < -0.39 is 8.32 Å². The molecule has 5 nitrogen and oxygen atoms in total. The molecule has 0 aliphatic carbocycles. The summed E-state index contributed by atoms with van der Waals surface area (Å²) >= 11 is 0. The van der Waals surface area contributed by atoms with Crippen molar-refractivity contribution in [2.24, 2.45) is 0 Å². The molecule has 0 unspecified atom stereocenters. The molecule has 0 bridgehead atoms. The molecule has 1 heterocycles. The zero-order valence-electron chi connectivity index (χ0n) is 16.1. The highest BCUT2D eigenvalue weighted by atomic mass is 28.4. The van der Waals surface area contributed by atoms with Crippen LogP contribution in [-0.4, -0.2) is 49.9 Å². The number of nitrogens with zero attached hydrogens (tertiary/aromatic N) is 1. The van der Waals surface area contributed by atoms with E-state index in [1.165, 1.54) is 0 Å². The lowest BCUT2D eigenvalue weighted by Crippen LogP contribution is -2.53. The number of aliphatic hydroxyl groups excluding tert-OH is 1. The van der Waals surface area contributed by atoms with Gasteiger partial charge in [-0.15, -0.1) is 0 Å². The van der Waals surface area contributed by atoms with Gasteiger partial charge in [-0.1, -0.05) is 51.1 Å². The Morgan fingerprint density at radius 1 is 1.28 bits per heavy atom. The molecule has 1 N–H and O–H groups in total. The minimum atomic E-state index is -1.89. The van der Waals surface area contributed by atoms with Crippen LogP contribution in [-0.2, 0) is 15.8 Å². The van der Waals surface area contributed by atoms with Crippen molar-refractivity contribution >= 4 is 14.4 Å². The van der Waals surface area contributed by atoms with Crippen LogP contribution in [0.2, 0.25) is 18.1 Å².